The van der Waals surface area contributed by atoms with Gasteiger partial charge in [0, 0.05) is 25.9 Å². The van der Waals surface area contributed by atoms with Gasteiger partial charge in [-0.1, -0.05) is 19.3 Å². The van der Waals surface area contributed by atoms with Crippen molar-refractivity contribution in [1.29, 1.82) is 0 Å². The van der Waals surface area contributed by atoms with Gasteiger partial charge < -0.3 is 10.2 Å². The Kier molecular flexibility index (Phi) is 5.24. The first-order valence-electron chi connectivity index (χ1n) is 6.08. The molecule has 1 rings (SSSR count). The quantitative estimate of drug-likeness (QED) is 0.822. The first-order valence-corrected chi connectivity index (χ1v) is 8.14. The van der Waals surface area contributed by atoms with Crippen LogP contribution in [0.4, 0.5) is 4.79 Å². The van der Waals surface area contributed by atoms with Gasteiger partial charge in [0.1, 0.15) is 9.84 Å². The monoisotopic (exact) mass is 262 g/mol. The molecule has 0 saturated heterocycles. The topological polar surface area (TPSA) is 66.5 Å². The summed E-state index contributed by atoms with van der Waals surface area (Å²) >= 11 is 0. The van der Waals surface area contributed by atoms with E-state index in [9.17, 15) is 13.2 Å². The molecule has 0 heterocycles. The summed E-state index contributed by atoms with van der Waals surface area (Å²) in [5.41, 5.74) is 0. The average molecular weight is 262 g/mol. The molecule has 100 valence electrons. The molecule has 0 aromatic heterocycles. The number of nitrogens with zero attached hydrogens (tertiary/aromatic N) is 1. The highest BCUT2D eigenvalue weighted by Gasteiger charge is 2.18. The molecule has 0 atom stereocenters. The number of rotatable bonds is 4. The molecular weight excluding hydrogens is 240 g/mol. The Morgan fingerprint density at radius 2 is 1.88 bits per heavy atom. The predicted molar refractivity (Wildman–Crippen MR) is 67.7 cm³/mol. The second-order valence-corrected chi connectivity index (χ2v) is 7.10. The predicted octanol–water partition coefficient (Wildman–Crippen LogP) is 1.01. The first kappa shape index (κ1) is 14.3. The van der Waals surface area contributed by atoms with Crippen LogP contribution in [0.2, 0.25) is 0 Å². The molecule has 0 bridgehead atoms. The highest BCUT2D eigenvalue weighted by atomic mass is 32.2. The lowest BCUT2D eigenvalue weighted by Gasteiger charge is -2.26. The molecule has 0 aromatic rings. The fourth-order valence-corrected chi connectivity index (χ4v) is 2.54. The average Bonchev–Trinajstić information content (AvgIpc) is 2.26. The summed E-state index contributed by atoms with van der Waals surface area (Å²) in [6, 6.07) is 0.0949. The number of amides is 2. The molecule has 6 heteroatoms. The summed E-state index contributed by atoms with van der Waals surface area (Å²) < 4.78 is 22.0. The normalized spacial score (nSPS) is 17.8. The Bertz CT molecular complexity index is 348. The minimum absolute atomic E-state index is 0.0155. The van der Waals surface area contributed by atoms with E-state index in [2.05, 4.69) is 5.32 Å². The van der Waals surface area contributed by atoms with Crippen LogP contribution in [0, 0.1) is 0 Å². The SMILES string of the molecule is CN(CCS(C)(=O)=O)C(=O)NC1CCCCC1. The molecule has 0 radical (unpaired) electrons. The van der Waals surface area contributed by atoms with Gasteiger partial charge in [0.25, 0.3) is 0 Å². The number of urea groups is 1. The van der Waals surface area contributed by atoms with Crippen LogP contribution in [-0.4, -0.2) is 51.0 Å². The number of nitrogens with one attached hydrogen (secondary N) is 1. The molecule has 0 spiro atoms. The molecule has 17 heavy (non-hydrogen) atoms. The summed E-state index contributed by atoms with van der Waals surface area (Å²) in [4.78, 5) is 13.2. The molecule has 1 saturated carbocycles. The molecule has 1 fully saturated rings. The van der Waals surface area contributed by atoms with E-state index in [4.69, 9.17) is 0 Å². The molecule has 0 aliphatic heterocycles. The van der Waals surface area contributed by atoms with E-state index in [-0.39, 0.29) is 24.4 Å². The third-order valence-electron chi connectivity index (χ3n) is 3.08. The van der Waals surface area contributed by atoms with E-state index in [1.807, 2.05) is 0 Å². The maximum absolute atomic E-state index is 11.7. The second kappa shape index (κ2) is 6.23. The minimum Gasteiger partial charge on any atom is -0.335 e. The van der Waals surface area contributed by atoms with E-state index in [1.165, 1.54) is 17.6 Å². The number of carbonyl (C=O) groups excluding carboxylic acids is 1. The fourth-order valence-electron chi connectivity index (χ4n) is 1.94. The van der Waals surface area contributed by atoms with Gasteiger partial charge in [0.15, 0.2) is 0 Å². The summed E-state index contributed by atoms with van der Waals surface area (Å²) in [5.74, 6) is 0.0155. The largest absolute Gasteiger partial charge is 0.335 e. The highest BCUT2D eigenvalue weighted by Crippen LogP contribution is 2.17. The van der Waals surface area contributed by atoms with E-state index >= 15 is 0 Å². The lowest BCUT2D eigenvalue weighted by molar-refractivity contribution is 0.203. The number of carbonyl (C=O) groups is 1. The van der Waals surface area contributed by atoms with Gasteiger partial charge >= 0.3 is 6.03 Å². The lowest BCUT2D eigenvalue weighted by atomic mass is 9.96. The van der Waals surface area contributed by atoms with Gasteiger partial charge in [-0.25, -0.2) is 13.2 Å². The lowest BCUT2D eigenvalue weighted by Crippen LogP contribution is -2.45. The van der Waals surface area contributed by atoms with E-state index < -0.39 is 9.84 Å². The van der Waals surface area contributed by atoms with Crippen molar-refractivity contribution in [1.82, 2.24) is 10.2 Å². The van der Waals surface area contributed by atoms with Crippen molar-refractivity contribution in [3.8, 4) is 0 Å². The zero-order valence-electron chi connectivity index (χ0n) is 10.6. The molecule has 2 amide bonds. The molecule has 1 N–H and O–H groups in total. The number of sulfone groups is 1. The summed E-state index contributed by atoms with van der Waals surface area (Å²) in [6.07, 6.45) is 6.82. The molecule has 1 aliphatic carbocycles. The standard InChI is InChI=1S/C11H22N2O3S/c1-13(8-9-17(2,15)16)11(14)12-10-6-4-3-5-7-10/h10H,3-9H2,1-2H3,(H,12,14). The van der Waals surface area contributed by atoms with Crippen molar-refractivity contribution in [2.75, 3.05) is 25.6 Å². The maximum atomic E-state index is 11.7. The zero-order chi connectivity index (χ0) is 12.9. The van der Waals surface area contributed by atoms with Crippen LogP contribution in [-0.2, 0) is 9.84 Å². The van der Waals surface area contributed by atoms with Crippen LogP contribution < -0.4 is 5.32 Å². The Labute approximate surface area is 103 Å². The van der Waals surface area contributed by atoms with Crippen LogP contribution in [0.5, 0.6) is 0 Å². The van der Waals surface area contributed by atoms with E-state index in [0.29, 0.717) is 0 Å². The van der Waals surface area contributed by atoms with Gasteiger partial charge in [0.05, 0.1) is 5.75 Å². The Hall–Kier alpha value is -0.780. The van der Waals surface area contributed by atoms with Crippen molar-refractivity contribution in [2.24, 2.45) is 0 Å². The van der Waals surface area contributed by atoms with Crippen LogP contribution in [0.1, 0.15) is 32.1 Å². The van der Waals surface area contributed by atoms with Gasteiger partial charge in [-0.15, -0.1) is 0 Å². The molecule has 5 nitrogen and oxygen atoms in total. The van der Waals surface area contributed by atoms with Crippen LogP contribution in [0.3, 0.4) is 0 Å². The number of hydrogen-bond acceptors (Lipinski definition) is 3. The zero-order valence-corrected chi connectivity index (χ0v) is 11.4. The molecular formula is C11H22N2O3S. The third kappa shape index (κ3) is 5.91. The maximum Gasteiger partial charge on any atom is 0.317 e. The van der Waals surface area contributed by atoms with Gasteiger partial charge in [-0.05, 0) is 12.8 Å². The van der Waals surface area contributed by atoms with Crippen molar-refractivity contribution in [2.45, 2.75) is 38.1 Å². The molecule has 0 aromatic carbocycles. The summed E-state index contributed by atoms with van der Waals surface area (Å²) in [6.45, 7) is 0.247. The van der Waals surface area contributed by atoms with Crippen LogP contribution in [0.25, 0.3) is 0 Å². The van der Waals surface area contributed by atoms with Crippen molar-refractivity contribution >= 4 is 15.9 Å². The van der Waals surface area contributed by atoms with E-state index in [1.54, 1.807) is 7.05 Å². The Morgan fingerprint density at radius 1 is 1.29 bits per heavy atom. The first-order chi connectivity index (χ1) is 7.88. The second-order valence-electron chi connectivity index (χ2n) is 4.84. The van der Waals surface area contributed by atoms with Crippen LogP contribution >= 0.6 is 0 Å². The Balaban J connectivity index is 2.30. The van der Waals surface area contributed by atoms with Crippen molar-refractivity contribution in [3.05, 3.63) is 0 Å². The Morgan fingerprint density at radius 3 is 2.41 bits per heavy atom. The molecule has 1 aliphatic rings. The fraction of sp³-hybridized carbons (Fsp3) is 0.909. The van der Waals surface area contributed by atoms with Crippen LogP contribution in [0.15, 0.2) is 0 Å². The van der Waals surface area contributed by atoms with Gasteiger partial charge in [-0.3, -0.25) is 0 Å². The summed E-state index contributed by atoms with van der Waals surface area (Å²) in [7, 11) is -1.38. The molecule has 0 unspecified atom stereocenters. The smallest absolute Gasteiger partial charge is 0.317 e. The highest BCUT2D eigenvalue weighted by molar-refractivity contribution is 7.90. The van der Waals surface area contributed by atoms with Crippen molar-refractivity contribution in [3.63, 3.8) is 0 Å². The van der Waals surface area contributed by atoms with Crippen molar-refractivity contribution < 1.29 is 13.2 Å². The minimum atomic E-state index is -3.01. The van der Waals surface area contributed by atoms with Gasteiger partial charge in [-0.2, -0.15) is 0 Å². The number of hydrogen-bond donors (Lipinski definition) is 1. The summed E-state index contributed by atoms with van der Waals surface area (Å²) in [5, 5.41) is 2.95. The third-order valence-corrected chi connectivity index (χ3v) is 4.00. The van der Waals surface area contributed by atoms with E-state index in [0.717, 1.165) is 25.7 Å². The van der Waals surface area contributed by atoms with Gasteiger partial charge in [0.2, 0.25) is 0 Å².